The van der Waals surface area contributed by atoms with Gasteiger partial charge in [-0.2, -0.15) is 13.2 Å². The molecule has 2 aromatic carbocycles. The van der Waals surface area contributed by atoms with Gasteiger partial charge < -0.3 is 15.2 Å². The van der Waals surface area contributed by atoms with E-state index in [1.165, 1.54) is 25.3 Å². The molecular formula is C25H27ClF3N3O. The van der Waals surface area contributed by atoms with Crippen molar-refractivity contribution >= 4 is 28.4 Å². The van der Waals surface area contributed by atoms with Gasteiger partial charge in [0.05, 0.1) is 10.6 Å². The number of aromatic amines is 1. The molecule has 33 heavy (non-hydrogen) atoms. The van der Waals surface area contributed by atoms with E-state index < -0.39 is 17.7 Å². The molecule has 4 rings (SSSR count). The van der Waals surface area contributed by atoms with E-state index in [9.17, 15) is 18.0 Å². The maximum atomic E-state index is 13.5. The number of nitrogens with zero attached hydrogens (tertiary/aromatic N) is 1. The third kappa shape index (κ3) is 5.71. The molecule has 0 bridgehead atoms. The first-order valence-corrected chi connectivity index (χ1v) is 11.6. The minimum Gasteiger partial charge on any atom is -0.361 e. The van der Waals surface area contributed by atoms with Gasteiger partial charge in [-0.1, -0.05) is 42.3 Å². The number of benzene rings is 2. The van der Waals surface area contributed by atoms with Crippen LogP contribution in [-0.4, -0.2) is 42.0 Å². The number of piperidine rings is 1. The lowest BCUT2D eigenvalue weighted by Gasteiger charge is -2.26. The van der Waals surface area contributed by atoms with E-state index in [2.05, 4.69) is 15.2 Å². The summed E-state index contributed by atoms with van der Waals surface area (Å²) in [5.74, 6) is -0.736. The van der Waals surface area contributed by atoms with Crippen LogP contribution >= 0.6 is 11.6 Å². The highest BCUT2D eigenvalue weighted by molar-refractivity contribution is 6.31. The number of likely N-dealkylation sites (tertiary alicyclic amines) is 1. The molecule has 1 aliphatic heterocycles. The summed E-state index contributed by atoms with van der Waals surface area (Å²) >= 11 is 5.84. The first-order chi connectivity index (χ1) is 15.8. The summed E-state index contributed by atoms with van der Waals surface area (Å²) < 4.78 is 40.6. The number of amides is 1. The van der Waals surface area contributed by atoms with Crippen molar-refractivity contribution in [2.75, 3.05) is 26.2 Å². The minimum absolute atomic E-state index is 0.0424. The quantitative estimate of drug-likeness (QED) is 0.441. The van der Waals surface area contributed by atoms with Crippen molar-refractivity contribution in [3.63, 3.8) is 0 Å². The van der Waals surface area contributed by atoms with Gasteiger partial charge in [-0.25, -0.2) is 0 Å². The minimum atomic E-state index is -4.57. The number of halogens is 4. The predicted octanol–water partition coefficient (Wildman–Crippen LogP) is 5.96. The number of rotatable bonds is 7. The Kier molecular flexibility index (Phi) is 7.29. The Bertz CT molecular complexity index is 1110. The third-order valence-corrected chi connectivity index (χ3v) is 6.61. The second kappa shape index (κ2) is 10.2. The molecule has 1 saturated heterocycles. The van der Waals surface area contributed by atoms with Crippen molar-refractivity contribution in [3.8, 4) is 0 Å². The molecule has 1 fully saturated rings. The van der Waals surface area contributed by atoms with Crippen molar-refractivity contribution in [2.24, 2.45) is 0 Å². The van der Waals surface area contributed by atoms with Gasteiger partial charge in [-0.05, 0) is 55.3 Å². The lowest BCUT2D eigenvalue weighted by Crippen LogP contribution is -2.38. The smallest absolute Gasteiger partial charge is 0.361 e. The average Bonchev–Trinajstić information content (AvgIpc) is 3.22. The van der Waals surface area contributed by atoms with Crippen LogP contribution in [0.1, 0.15) is 48.3 Å². The van der Waals surface area contributed by atoms with E-state index in [4.69, 9.17) is 11.6 Å². The Labute approximate surface area is 196 Å². The number of hydrogen-bond donors (Lipinski definition) is 2. The van der Waals surface area contributed by atoms with E-state index in [-0.39, 0.29) is 17.4 Å². The normalized spacial score (nSPS) is 16.1. The molecule has 3 aromatic rings. The van der Waals surface area contributed by atoms with Crippen LogP contribution in [0.4, 0.5) is 13.2 Å². The van der Waals surface area contributed by atoms with E-state index in [0.717, 1.165) is 42.2 Å². The summed E-state index contributed by atoms with van der Waals surface area (Å²) in [7, 11) is 0. The van der Waals surface area contributed by atoms with Crippen LogP contribution in [0.15, 0.2) is 48.7 Å². The number of aromatic nitrogens is 1. The zero-order chi connectivity index (χ0) is 23.4. The maximum Gasteiger partial charge on any atom is 0.417 e. The molecule has 0 saturated carbocycles. The zero-order valence-electron chi connectivity index (χ0n) is 18.2. The summed E-state index contributed by atoms with van der Waals surface area (Å²) in [6, 6.07) is 11.5. The number of nitrogens with one attached hydrogen (secondary N) is 2. The van der Waals surface area contributed by atoms with Gasteiger partial charge in [0.25, 0.3) is 0 Å². The van der Waals surface area contributed by atoms with Crippen molar-refractivity contribution in [2.45, 2.75) is 37.8 Å². The number of hydrogen-bond acceptors (Lipinski definition) is 2. The number of carbonyl (C=O) groups is 1. The van der Waals surface area contributed by atoms with E-state index >= 15 is 0 Å². The molecule has 0 spiro atoms. The number of carbonyl (C=O) groups excluding carboxylic acids is 1. The summed E-state index contributed by atoms with van der Waals surface area (Å²) in [6.45, 7) is 3.38. The Balaban J connectivity index is 1.58. The number of alkyl halides is 3. The second-order valence-corrected chi connectivity index (χ2v) is 8.94. The van der Waals surface area contributed by atoms with Gasteiger partial charge in [-0.3, -0.25) is 4.79 Å². The van der Waals surface area contributed by atoms with Crippen molar-refractivity contribution in [3.05, 3.63) is 70.4 Å². The van der Waals surface area contributed by atoms with Gasteiger partial charge in [0.2, 0.25) is 5.91 Å². The molecule has 2 N–H and O–H groups in total. The molecule has 4 nitrogen and oxygen atoms in total. The second-order valence-electron chi connectivity index (χ2n) is 8.54. The van der Waals surface area contributed by atoms with E-state index in [1.54, 1.807) is 12.3 Å². The highest BCUT2D eigenvalue weighted by Gasteiger charge is 2.34. The first kappa shape index (κ1) is 23.6. The fourth-order valence-corrected chi connectivity index (χ4v) is 4.79. The summed E-state index contributed by atoms with van der Waals surface area (Å²) in [5.41, 5.74) is 1.17. The first-order valence-electron chi connectivity index (χ1n) is 11.2. The third-order valence-electron chi connectivity index (χ3n) is 6.28. The fourth-order valence-electron chi connectivity index (χ4n) is 4.56. The summed E-state index contributed by atoms with van der Waals surface area (Å²) in [4.78, 5) is 18.4. The molecule has 1 atom stereocenters. The molecule has 0 aliphatic carbocycles. The van der Waals surface area contributed by atoms with Gasteiger partial charge in [0, 0.05) is 42.5 Å². The number of H-pyrrole nitrogens is 1. The van der Waals surface area contributed by atoms with E-state index in [0.29, 0.717) is 12.1 Å². The zero-order valence-corrected chi connectivity index (χ0v) is 19.0. The van der Waals surface area contributed by atoms with Crippen molar-refractivity contribution in [1.82, 2.24) is 15.2 Å². The molecule has 1 amide bonds. The summed E-state index contributed by atoms with van der Waals surface area (Å²) in [6.07, 6.45) is 0.840. The molecule has 8 heteroatoms. The highest BCUT2D eigenvalue weighted by Crippen LogP contribution is 2.39. The highest BCUT2D eigenvalue weighted by atomic mass is 35.5. The average molecular weight is 478 g/mol. The maximum absolute atomic E-state index is 13.5. The van der Waals surface area contributed by atoms with Crippen LogP contribution in [-0.2, 0) is 11.0 Å². The van der Waals surface area contributed by atoms with Crippen molar-refractivity contribution < 1.29 is 18.0 Å². The standard InChI is InChI=1S/C25H27ClF3N3O/c26-22-9-8-17(14-21(22)25(27,28)29)19(20-16-31-23-7-3-2-6-18(20)23)15-24(33)30-10-13-32-11-4-1-5-12-32/h2-3,6-9,14,16,19,31H,1,4-5,10-13,15H2,(H,30,33). The van der Waals surface area contributed by atoms with Crippen molar-refractivity contribution in [1.29, 1.82) is 0 Å². The largest absolute Gasteiger partial charge is 0.417 e. The Morgan fingerprint density at radius 3 is 2.64 bits per heavy atom. The Morgan fingerprint density at radius 2 is 1.88 bits per heavy atom. The Morgan fingerprint density at radius 1 is 1.12 bits per heavy atom. The monoisotopic (exact) mass is 477 g/mol. The number of para-hydroxylation sites is 1. The topological polar surface area (TPSA) is 48.1 Å². The summed E-state index contributed by atoms with van der Waals surface area (Å²) in [5, 5.41) is 3.49. The van der Waals surface area contributed by atoms with Crippen LogP contribution in [0, 0.1) is 0 Å². The number of fused-ring (bicyclic) bond motifs is 1. The molecular weight excluding hydrogens is 451 g/mol. The van der Waals surface area contributed by atoms with Gasteiger partial charge in [0.1, 0.15) is 0 Å². The molecule has 2 heterocycles. The van der Waals surface area contributed by atoms with Crippen LogP contribution < -0.4 is 5.32 Å². The van der Waals surface area contributed by atoms with Crippen LogP contribution in [0.25, 0.3) is 10.9 Å². The lowest BCUT2D eigenvalue weighted by atomic mass is 9.87. The Hall–Kier alpha value is -2.51. The van der Waals surface area contributed by atoms with Crippen LogP contribution in [0.2, 0.25) is 5.02 Å². The lowest BCUT2D eigenvalue weighted by molar-refractivity contribution is -0.137. The van der Waals surface area contributed by atoms with Gasteiger partial charge in [-0.15, -0.1) is 0 Å². The fraction of sp³-hybridized carbons (Fsp3) is 0.400. The molecule has 176 valence electrons. The molecule has 0 radical (unpaired) electrons. The van der Waals surface area contributed by atoms with Gasteiger partial charge in [0.15, 0.2) is 0 Å². The van der Waals surface area contributed by atoms with Crippen LogP contribution in [0.5, 0.6) is 0 Å². The van der Waals surface area contributed by atoms with Crippen LogP contribution in [0.3, 0.4) is 0 Å². The molecule has 1 unspecified atom stereocenters. The molecule has 1 aromatic heterocycles. The SMILES string of the molecule is O=C(CC(c1ccc(Cl)c(C(F)(F)F)c1)c1c[nH]c2ccccc12)NCCN1CCCCC1. The molecule has 1 aliphatic rings. The predicted molar refractivity (Wildman–Crippen MR) is 125 cm³/mol. The van der Waals surface area contributed by atoms with Gasteiger partial charge >= 0.3 is 6.18 Å². The van der Waals surface area contributed by atoms with E-state index in [1.807, 2.05) is 24.3 Å².